The van der Waals surface area contributed by atoms with E-state index in [-0.39, 0.29) is 16.2 Å². The van der Waals surface area contributed by atoms with Gasteiger partial charge in [0.25, 0.3) is 0 Å². The van der Waals surface area contributed by atoms with Gasteiger partial charge in [-0.2, -0.15) is 0 Å². The quantitative estimate of drug-likeness (QED) is 0.720. The number of nitrogens with one attached hydrogen (secondary N) is 1. The monoisotopic (exact) mass is 418 g/mol. The first-order valence-electron chi connectivity index (χ1n) is 10.4. The van der Waals surface area contributed by atoms with Crippen LogP contribution in [0.5, 0.6) is 0 Å². The van der Waals surface area contributed by atoms with Crippen LogP contribution in [0.4, 0.5) is 5.88 Å². The van der Waals surface area contributed by atoms with Crippen LogP contribution in [0.25, 0.3) is 11.0 Å². The molecule has 2 unspecified atom stereocenters. The van der Waals surface area contributed by atoms with Crippen LogP contribution in [0.3, 0.4) is 0 Å². The van der Waals surface area contributed by atoms with Crippen molar-refractivity contribution in [1.82, 2.24) is 4.72 Å². The SMILES string of the molecule is Cc1cc(C(C)N[S+]([O-])C(C)(C)C)c2oc(N3CCC(C)(C)CC3)cc(=O)c2c1. The Labute approximate surface area is 177 Å². The molecule has 160 valence electrons. The van der Waals surface area contributed by atoms with Gasteiger partial charge in [-0.1, -0.05) is 19.9 Å². The van der Waals surface area contributed by atoms with E-state index in [0.717, 1.165) is 37.1 Å². The van der Waals surface area contributed by atoms with Gasteiger partial charge < -0.3 is 13.9 Å². The molecule has 0 spiro atoms. The van der Waals surface area contributed by atoms with Crippen molar-refractivity contribution in [2.45, 2.75) is 72.1 Å². The number of anilines is 1. The lowest BCUT2D eigenvalue weighted by Crippen LogP contribution is -2.40. The number of benzene rings is 1. The second-order valence-electron chi connectivity index (χ2n) is 10.1. The molecule has 1 N–H and O–H groups in total. The molecule has 1 saturated heterocycles. The van der Waals surface area contributed by atoms with Crippen LogP contribution in [-0.4, -0.2) is 22.4 Å². The molecule has 1 aliphatic heterocycles. The number of hydrogen-bond acceptors (Lipinski definition) is 5. The zero-order valence-corrected chi connectivity index (χ0v) is 19.5. The third-order valence-corrected chi connectivity index (χ3v) is 7.40. The number of aryl methyl sites for hydroxylation is 1. The van der Waals surface area contributed by atoms with E-state index in [9.17, 15) is 9.35 Å². The lowest BCUT2D eigenvalue weighted by molar-refractivity contribution is 0.274. The van der Waals surface area contributed by atoms with Crippen LogP contribution in [0.2, 0.25) is 0 Å². The summed E-state index contributed by atoms with van der Waals surface area (Å²) in [5.74, 6) is 0.632. The fourth-order valence-electron chi connectivity index (χ4n) is 3.63. The van der Waals surface area contributed by atoms with Crippen molar-refractivity contribution in [3.63, 3.8) is 0 Å². The average Bonchev–Trinajstić information content (AvgIpc) is 2.60. The molecule has 0 aliphatic carbocycles. The van der Waals surface area contributed by atoms with Crippen molar-refractivity contribution in [1.29, 1.82) is 0 Å². The Morgan fingerprint density at radius 1 is 1.21 bits per heavy atom. The van der Waals surface area contributed by atoms with Crippen LogP contribution in [0.1, 0.15) is 71.6 Å². The first-order valence-corrected chi connectivity index (χ1v) is 11.5. The Bertz CT molecular complexity index is 936. The van der Waals surface area contributed by atoms with Gasteiger partial charge in [0.2, 0.25) is 0 Å². The average molecular weight is 419 g/mol. The van der Waals surface area contributed by atoms with E-state index in [2.05, 4.69) is 23.5 Å². The van der Waals surface area contributed by atoms with E-state index in [1.54, 1.807) is 6.07 Å². The third kappa shape index (κ3) is 4.98. The Morgan fingerprint density at radius 3 is 2.41 bits per heavy atom. The summed E-state index contributed by atoms with van der Waals surface area (Å²) in [7, 11) is 0. The normalized spacial score (nSPS) is 19.4. The molecule has 2 atom stereocenters. The number of piperidine rings is 1. The Morgan fingerprint density at radius 2 is 1.83 bits per heavy atom. The second-order valence-corrected chi connectivity index (χ2v) is 12.0. The van der Waals surface area contributed by atoms with E-state index in [1.165, 1.54) is 0 Å². The van der Waals surface area contributed by atoms with Gasteiger partial charge in [0.05, 0.1) is 11.4 Å². The standard InChI is InChI=1S/C23H34N2O3S/c1-15-12-17(16(2)24-29(27)22(3,4)5)21-18(13-15)19(26)14-20(28-21)25-10-8-23(6,7)9-11-25/h12-14,16,24H,8-11H2,1-7H3. The molecule has 0 saturated carbocycles. The van der Waals surface area contributed by atoms with Crippen molar-refractivity contribution < 1.29 is 8.97 Å². The molecule has 0 amide bonds. The molecule has 1 aromatic carbocycles. The zero-order chi connectivity index (χ0) is 21.6. The van der Waals surface area contributed by atoms with E-state index in [0.29, 0.717) is 22.3 Å². The molecule has 0 bridgehead atoms. The molecule has 2 aromatic rings. The minimum Gasteiger partial charge on any atom is -0.598 e. The summed E-state index contributed by atoms with van der Waals surface area (Å²) in [6.07, 6.45) is 2.13. The highest BCUT2D eigenvalue weighted by molar-refractivity contribution is 7.90. The van der Waals surface area contributed by atoms with Gasteiger partial charge in [-0.15, -0.1) is 4.72 Å². The molecule has 0 radical (unpaired) electrons. The Balaban J connectivity index is 2.02. The first kappa shape index (κ1) is 22.2. The van der Waals surface area contributed by atoms with Crippen molar-refractivity contribution >= 4 is 28.2 Å². The molecule has 29 heavy (non-hydrogen) atoms. The summed E-state index contributed by atoms with van der Waals surface area (Å²) in [6, 6.07) is 5.30. The maximum Gasteiger partial charge on any atom is 0.200 e. The van der Waals surface area contributed by atoms with Gasteiger partial charge in [-0.25, -0.2) is 0 Å². The Kier molecular flexibility index (Phi) is 6.10. The van der Waals surface area contributed by atoms with Crippen LogP contribution in [0, 0.1) is 12.3 Å². The molecule has 3 rings (SSSR count). The third-order valence-electron chi connectivity index (χ3n) is 5.72. The maximum absolute atomic E-state index is 12.9. The topological polar surface area (TPSA) is 68.5 Å². The zero-order valence-electron chi connectivity index (χ0n) is 18.7. The second kappa shape index (κ2) is 7.97. The highest BCUT2D eigenvalue weighted by Gasteiger charge is 2.30. The summed E-state index contributed by atoms with van der Waals surface area (Å²) >= 11 is -1.22. The van der Waals surface area contributed by atoms with Crippen molar-refractivity contribution in [2.24, 2.45) is 5.41 Å². The van der Waals surface area contributed by atoms with Crippen LogP contribution < -0.4 is 15.1 Å². The van der Waals surface area contributed by atoms with Gasteiger partial charge >= 0.3 is 0 Å². The van der Waals surface area contributed by atoms with E-state index >= 15 is 0 Å². The van der Waals surface area contributed by atoms with Gasteiger partial charge in [-0.05, 0) is 64.5 Å². The lowest BCUT2D eigenvalue weighted by Gasteiger charge is -2.37. The van der Waals surface area contributed by atoms with Gasteiger partial charge in [0.1, 0.15) is 10.3 Å². The molecular weight excluding hydrogens is 384 g/mol. The van der Waals surface area contributed by atoms with Crippen LogP contribution in [-0.2, 0) is 11.4 Å². The smallest absolute Gasteiger partial charge is 0.200 e. The highest BCUT2D eigenvalue weighted by atomic mass is 32.2. The largest absolute Gasteiger partial charge is 0.598 e. The lowest BCUT2D eigenvalue weighted by atomic mass is 9.83. The predicted octanol–water partition coefficient (Wildman–Crippen LogP) is 4.84. The summed E-state index contributed by atoms with van der Waals surface area (Å²) in [5, 5.41) is 0.580. The fourth-order valence-corrected chi connectivity index (χ4v) is 4.43. The van der Waals surface area contributed by atoms with Crippen molar-refractivity contribution in [3.05, 3.63) is 39.5 Å². The van der Waals surface area contributed by atoms with E-state index in [1.807, 2.05) is 46.8 Å². The molecule has 2 heterocycles. The van der Waals surface area contributed by atoms with Crippen molar-refractivity contribution in [2.75, 3.05) is 18.0 Å². The molecular formula is C23H34N2O3S. The molecule has 1 aromatic heterocycles. The maximum atomic E-state index is 12.9. The number of hydrogen-bond donors (Lipinski definition) is 1. The van der Waals surface area contributed by atoms with E-state index in [4.69, 9.17) is 4.42 Å². The minimum absolute atomic E-state index is 0.0276. The summed E-state index contributed by atoms with van der Waals surface area (Å²) in [6.45, 7) is 16.1. The number of fused-ring (bicyclic) bond motifs is 1. The molecule has 6 heteroatoms. The van der Waals surface area contributed by atoms with E-state index < -0.39 is 11.4 Å². The van der Waals surface area contributed by atoms with Crippen LogP contribution >= 0.6 is 0 Å². The van der Waals surface area contributed by atoms with Gasteiger partial charge in [-0.3, -0.25) is 4.79 Å². The predicted molar refractivity (Wildman–Crippen MR) is 122 cm³/mol. The first-order chi connectivity index (χ1) is 13.4. The van der Waals surface area contributed by atoms with Gasteiger partial charge in [0, 0.05) is 36.1 Å². The van der Waals surface area contributed by atoms with Crippen LogP contribution in [0.15, 0.2) is 27.4 Å². The fraction of sp³-hybridized carbons (Fsp3) is 0.609. The molecule has 5 nitrogen and oxygen atoms in total. The number of rotatable bonds is 4. The molecule has 1 fully saturated rings. The summed E-state index contributed by atoms with van der Waals surface area (Å²) < 4.78 is 21.7. The summed E-state index contributed by atoms with van der Waals surface area (Å²) in [5.41, 5.74) is 2.75. The van der Waals surface area contributed by atoms with Gasteiger partial charge in [0.15, 0.2) is 11.3 Å². The minimum atomic E-state index is -1.22. The highest BCUT2D eigenvalue weighted by Crippen LogP contribution is 2.34. The Hall–Kier alpha value is -1.50. The summed E-state index contributed by atoms with van der Waals surface area (Å²) in [4.78, 5) is 15.1. The van der Waals surface area contributed by atoms with Crippen molar-refractivity contribution in [3.8, 4) is 0 Å². The number of nitrogens with zero attached hydrogens (tertiary/aromatic N) is 1. The molecule has 1 aliphatic rings.